The van der Waals surface area contributed by atoms with Crippen molar-refractivity contribution in [3.8, 4) is 0 Å². The number of anilines is 1. The Balaban J connectivity index is 1.92. The maximum atomic E-state index is 11.6. The number of thiophene rings is 1. The maximum absolute atomic E-state index is 11.6. The summed E-state index contributed by atoms with van der Waals surface area (Å²) in [5, 5.41) is 5.09. The van der Waals surface area contributed by atoms with E-state index in [0.29, 0.717) is 0 Å². The molecule has 3 rings (SSSR count). The SMILES string of the molecule is Cc1cncc2sc(NC(=O)C3CC3)cc12. The summed E-state index contributed by atoms with van der Waals surface area (Å²) in [5.74, 6) is 0.418. The Labute approximate surface area is 97.5 Å². The van der Waals surface area contributed by atoms with Crippen LogP contribution in [0, 0.1) is 12.8 Å². The van der Waals surface area contributed by atoms with Crippen molar-refractivity contribution in [2.75, 3.05) is 5.32 Å². The summed E-state index contributed by atoms with van der Waals surface area (Å²) in [6.45, 7) is 2.04. The number of nitrogens with one attached hydrogen (secondary N) is 1. The molecule has 4 heteroatoms. The average Bonchev–Trinajstić information content (AvgIpc) is 3.01. The van der Waals surface area contributed by atoms with E-state index in [4.69, 9.17) is 0 Å². The van der Waals surface area contributed by atoms with Crippen LogP contribution in [0.2, 0.25) is 0 Å². The summed E-state index contributed by atoms with van der Waals surface area (Å²) < 4.78 is 1.13. The second kappa shape index (κ2) is 3.56. The van der Waals surface area contributed by atoms with Gasteiger partial charge in [0.05, 0.1) is 9.70 Å². The Hall–Kier alpha value is -1.42. The number of carbonyl (C=O) groups excluding carboxylic acids is 1. The van der Waals surface area contributed by atoms with Crippen molar-refractivity contribution in [3.05, 3.63) is 24.0 Å². The van der Waals surface area contributed by atoms with E-state index in [1.807, 2.05) is 25.4 Å². The van der Waals surface area contributed by atoms with Crippen LogP contribution in [0.25, 0.3) is 10.1 Å². The highest BCUT2D eigenvalue weighted by atomic mass is 32.1. The van der Waals surface area contributed by atoms with Crippen LogP contribution >= 0.6 is 11.3 Å². The molecule has 0 spiro atoms. The van der Waals surface area contributed by atoms with Crippen molar-refractivity contribution >= 4 is 32.3 Å². The summed E-state index contributed by atoms with van der Waals surface area (Å²) in [6.07, 6.45) is 5.77. The lowest BCUT2D eigenvalue weighted by atomic mass is 10.2. The third kappa shape index (κ3) is 1.69. The van der Waals surface area contributed by atoms with Gasteiger partial charge in [0, 0.05) is 23.7 Å². The maximum Gasteiger partial charge on any atom is 0.228 e. The molecule has 1 aliphatic carbocycles. The summed E-state index contributed by atoms with van der Waals surface area (Å²) in [7, 11) is 0. The predicted molar refractivity (Wildman–Crippen MR) is 65.7 cm³/mol. The lowest BCUT2D eigenvalue weighted by Crippen LogP contribution is -2.11. The molecule has 0 radical (unpaired) electrons. The number of aryl methyl sites for hydroxylation is 1. The lowest BCUT2D eigenvalue weighted by Gasteiger charge is -1.98. The van der Waals surface area contributed by atoms with Gasteiger partial charge in [-0.2, -0.15) is 0 Å². The Morgan fingerprint density at radius 3 is 3.00 bits per heavy atom. The Bertz CT molecular complexity index is 557. The average molecular weight is 232 g/mol. The fourth-order valence-corrected chi connectivity index (χ4v) is 2.73. The monoisotopic (exact) mass is 232 g/mol. The van der Waals surface area contributed by atoms with E-state index in [1.165, 1.54) is 5.39 Å². The molecule has 0 atom stereocenters. The van der Waals surface area contributed by atoms with Gasteiger partial charge in [-0.15, -0.1) is 11.3 Å². The van der Waals surface area contributed by atoms with Crippen molar-refractivity contribution in [2.24, 2.45) is 5.92 Å². The topological polar surface area (TPSA) is 42.0 Å². The van der Waals surface area contributed by atoms with Gasteiger partial charge in [0.25, 0.3) is 0 Å². The number of amides is 1. The van der Waals surface area contributed by atoms with Crippen LogP contribution in [-0.4, -0.2) is 10.9 Å². The molecule has 1 saturated carbocycles. The number of carbonyl (C=O) groups is 1. The minimum Gasteiger partial charge on any atom is -0.317 e. The first-order valence-corrected chi connectivity index (χ1v) is 6.21. The van der Waals surface area contributed by atoms with Gasteiger partial charge in [-0.25, -0.2) is 0 Å². The summed E-state index contributed by atoms with van der Waals surface area (Å²) in [6, 6.07) is 2.04. The molecule has 2 aromatic heterocycles. The molecule has 82 valence electrons. The van der Waals surface area contributed by atoms with E-state index in [0.717, 1.165) is 28.1 Å². The first-order chi connectivity index (χ1) is 7.74. The predicted octanol–water partition coefficient (Wildman–Crippen LogP) is 2.95. The van der Waals surface area contributed by atoms with E-state index in [9.17, 15) is 4.79 Å². The number of hydrogen-bond donors (Lipinski definition) is 1. The normalized spacial score (nSPS) is 15.3. The summed E-state index contributed by atoms with van der Waals surface area (Å²) in [4.78, 5) is 15.8. The van der Waals surface area contributed by atoms with Crippen molar-refractivity contribution < 1.29 is 4.79 Å². The molecule has 3 nitrogen and oxygen atoms in total. The zero-order valence-electron chi connectivity index (χ0n) is 8.99. The fraction of sp³-hybridized carbons (Fsp3) is 0.333. The molecular weight excluding hydrogens is 220 g/mol. The largest absolute Gasteiger partial charge is 0.317 e. The summed E-state index contributed by atoms with van der Waals surface area (Å²) in [5.41, 5.74) is 1.15. The Kier molecular flexibility index (Phi) is 2.17. The van der Waals surface area contributed by atoms with Gasteiger partial charge in [-0.05, 0) is 31.4 Å². The molecule has 0 saturated heterocycles. The molecule has 2 aromatic rings. The van der Waals surface area contributed by atoms with Crippen LogP contribution in [0.3, 0.4) is 0 Å². The molecular formula is C12H12N2OS. The Morgan fingerprint density at radius 1 is 1.50 bits per heavy atom. The van der Waals surface area contributed by atoms with Crippen molar-refractivity contribution in [1.29, 1.82) is 0 Å². The number of rotatable bonds is 2. The molecule has 0 aromatic carbocycles. The highest BCUT2D eigenvalue weighted by Crippen LogP contribution is 2.34. The first kappa shape index (κ1) is 9.78. The van der Waals surface area contributed by atoms with Gasteiger partial charge in [0.15, 0.2) is 0 Å². The van der Waals surface area contributed by atoms with Crippen LogP contribution < -0.4 is 5.32 Å². The van der Waals surface area contributed by atoms with E-state index in [-0.39, 0.29) is 11.8 Å². The number of aromatic nitrogens is 1. The third-order valence-electron chi connectivity index (χ3n) is 2.84. The second-order valence-corrected chi connectivity index (χ2v) is 5.33. The van der Waals surface area contributed by atoms with E-state index in [1.54, 1.807) is 11.3 Å². The van der Waals surface area contributed by atoms with E-state index < -0.39 is 0 Å². The molecule has 0 unspecified atom stereocenters. The quantitative estimate of drug-likeness (QED) is 0.865. The molecule has 2 heterocycles. The van der Waals surface area contributed by atoms with Crippen molar-refractivity contribution in [2.45, 2.75) is 19.8 Å². The standard InChI is InChI=1S/C12H12N2OS/c1-7-5-13-6-10-9(7)4-11(16-10)14-12(15)8-2-3-8/h4-6,8H,2-3H2,1H3,(H,14,15). The van der Waals surface area contributed by atoms with Crippen LogP contribution in [0.5, 0.6) is 0 Å². The van der Waals surface area contributed by atoms with Crippen molar-refractivity contribution in [3.63, 3.8) is 0 Å². The van der Waals surface area contributed by atoms with Crippen molar-refractivity contribution in [1.82, 2.24) is 4.98 Å². The number of pyridine rings is 1. The number of nitrogens with zero attached hydrogens (tertiary/aromatic N) is 1. The van der Waals surface area contributed by atoms with E-state index >= 15 is 0 Å². The fourth-order valence-electron chi connectivity index (χ4n) is 1.73. The van der Waals surface area contributed by atoms with Gasteiger partial charge in [0.1, 0.15) is 0 Å². The number of fused-ring (bicyclic) bond motifs is 1. The highest BCUT2D eigenvalue weighted by Gasteiger charge is 2.29. The first-order valence-electron chi connectivity index (χ1n) is 5.39. The van der Waals surface area contributed by atoms with Gasteiger partial charge in [-0.3, -0.25) is 9.78 Å². The van der Waals surface area contributed by atoms with Gasteiger partial charge >= 0.3 is 0 Å². The molecule has 1 aliphatic rings. The minimum atomic E-state index is 0.164. The molecule has 0 aliphatic heterocycles. The van der Waals surface area contributed by atoms with Crippen LogP contribution in [-0.2, 0) is 4.79 Å². The number of hydrogen-bond acceptors (Lipinski definition) is 3. The molecule has 1 fully saturated rings. The van der Waals surface area contributed by atoms with Gasteiger partial charge < -0.3 is 5.32 Å². The molecule has 0 bridgehead atoms. The van der Waals surface area contributed by atoms with Crippen LogP contribution in [0.4, 0.5) is 5.00 Å². The zero-order chi connectivity index (χ0) is 11.1. The third-order valence-corrected chi connectivity index (χ3v) is 3.83. The molecule has 16 heavy (non-hydrogen) atoms. The summed E-state index contributed by atoms with van der Waals surface area (Å²) >= 11 is 1.59. The smallest absolute Gasteiger partial charge is 0.228 e. The second-order valence-electron chi connectivity index (χ2n) is 4.24. The molecule has 1 N–H and O–H groups in total. The van der Waals surface area contributed by atoms with Crippen LogP contribution in [0.1, 0.15) is 18.4 Å². The van der Waals surface area contributed by atoms with E-state index in [2.05, 4.69) is 10.3 Å². The Morgan fingerprint density at radius 2 is 2.31 bits per heavy atom. The van der Waals surface area contributed by atoms with Gasteiger partial charge in [-0.1, -0.05) is 0 Å². The van der Waals surface area contributed by atoms with Crippen LogP contribution in [0.15, 0.2) is 18.5 Å². The molecule has 1 amide bonds. The highest BCUT2D eigenvalue weighted by molar-refractivity contribution is 7.22. The lowest BCUT2D eigenvalue weighted by molar-refractivity contribution is -0.117. The minimum absolute atomic E-state index is 0.164. The zero-order valence-corrected chi connectivity index (χ0v) is 9.80. The van der Waals surface area contributed by atoms with Gasteiger partial charge in [0.2, 0.25) is 5.91 Å².